The van der Waals surface area contributed by atoms with Gasteiger partial charge in [0.25, 0.3) is 0 Å². The van der Waals surface area contributed by atoms with Crippen molar-refractivity contribution in [1.29, 1.82) is 0 Å². The van der Waals surface area contributed by atoms with Gasteiger partial charge < -0.3 is 15.7 Å². The molecule has 0 aromatic carbocycles. The average molecular weight is 243 g/mol. The third kappa shape index (κ3) is 4.52. The Kier molecular flexibility index (Phi) is 6.29. The molecular weight excluding hydrogens is 218 g/mol. The molecular formula is C12H25N3O2. The molecule has 100 valence electrons. The molecule has 0 spiro atoms. The van der Waals surface area contributed by atoms with Gasteiger partial charge in [-0.15, -0.1) is 0 Å². The second kappa shape index (κ2) is 7.50. The van der Waals surface area contributed by atoms with Crippen LogP contribution >= 0.6 is 0 Å². The Balaban J connectivity index is 2.56. The summed E-state index contributed by atoms with van der Waals surface area (Å²) in [6.45, 7) is 3.68. The molecule has 1 aliphatic rings. The molecule has 0 radical (unpaired) electrons. The molecule has 5 nitrogen and oxygen atoms in total. The molecule has 17 heavy (non-hydrogen) atoms. The predicted molar refractivity (Wildman–Crippen MR) is 68.3 cm³/mol. The molecule has 3 N–H and O–H groups in total. The molecule has 0 aromatic heterocycles. The van der Waals surface area contributed by atoms with E-state index in [2.05, 4.69) is 17.0 Å². The fraction of sp³-hybridized carbons (Fsp3) is 0.917. The number of ether oxygens (including phenoxy) is 1. The Morgan fingerprint density at radius 1 is 1.53 bits per heavy atom. The maximum atomic E-state index is 8.66. The topological polar surface area (TPSA) is 71.1 Å². The standard InChI is InChI=1S/C12H25N3O2/c1-3-7-15(9-12(13)14-16)10-5-4-6-11(8-10)17-2/h10-11,16H,3-9H2,1-2H3,(H2,13,14). The van der Waals surface area contributed by atoms with Crippen molar-refractivity contribution >= 4 is 5.84 Å². The van der Waals surface area contributed by atoms with E-state index in [9.17, 15) is 0 Å². The highest BCUT2D eigenvalue weighted by Gasteiger charge is 2.26. The second-order valence-corrected chi connectivity index (χ2v) is 4.74. The predicted octanol–water partition coefficient (Wildman–Crippen LogP) is 1.40. The van der Waals surface area contributed by atoms with Crippen LogP contribution in [0.15, 0.2) is 5.16 Å². The van der Waals surface area contributed by atoms with Gasteiger partial charge in [0.15, 0.2) is 5.84 Å². The maximum absolute atomic E-state index is 8.66. The summed E-state index contributed by atoms with van der Waals surface area (Å²) in [4.78, 5) is 2.31. The fourth-order valence-electron chi connectivity index (χ4n) is 2.58. The highest BCUT2D eigenvalue weighted by atomic mass is 16.5. The summed E-state index contributed by atoms with van der Waals surface area (Å²) in [6.07, 6.45) is 6.01. The summed E-state index contributed by atoms with van der Waals surface area (Å²) in [7, 11) is 1.78. The van der Waals surface area contributed by atoms with Crippen molar-refractivity contribution in [2.75, 3.05) is 20.2 Å². The minimum absolute atomic E-state index is 0.290. The first kappa shape index (κ1) is 14.3. The molecule has 2 atom stereocenters. The molecule has 2 unspecified atom stereocenters. The van der Waals surface area contributed by atoms with Gasteiger partial charge in [-0.1, -0.05) is 12.1 Å². The zero-order chi connectivity index (χ0) is 12.7. The Morgan fingerprint density at radius 2 is 2.29 bits per heavy atom. The summed E-state index contributed by atoms with van der Waals surface area (Å²) in [6, 6.07) is 0.494. The highest BCUT2D eigenvalue weighted by molar-refractivity contribution is 5.81. The van der Waals surface area contributed by atoms with E-state index in [1.165, 1.54) is 12.8 Å². The van der Waals surface area contributed by atoms with Crippen LogP contribution < -0.4 is 5.73 Å². The molecule has 1 aliphatic carbocycles. The minimum atomic E-state index is 0.290. The van der Waals surface area contributed by atoms with Gasteiger partial charge in [0, 0.05) is 13.2 Å². The van der Waals surface area contributed by atoms with E-state index >= 15 is 0 Å². The third-order valence-electron chi connectivity index (χ3n) is 3.45. The van der Waals surface area contributed by atoms with E-state index in [1.54, 1.807) is 7.11 Å². The van der Waals surface area contributed by atoms with Crippen LogP contribution in [0.2, 0.25) is 0 Å². The maximum Gasteiger partial charge on any atom is 0.153 e. The van der Waals surface area contributed by atoms with E-state index in [4.69, 9.17) is 15.7 Å². The lowest BCUT2D eigenvalue weighted by Gasteiger charge is -2.36. The van der Waals surface area contributed by atoms with Gasteiger partial charge in [-0.2, -0.15) is 0 Å². The molecule has 0 aromatic rings. The first-order chi connectivity index (χ1) is 8.21. The quantitative estimate of drug-likeness (QED) is 0.320. The van der Waals surface area contributed by atoms with Crippen LogP contribution in [0.25, 0.3) is 0 Å². The number of amidine groups is 1. The van der Waals surface area contributed by atoms with Crippen molar-refractivity contribution in [2.24, 2.45) is 10.9 Å². The largest absolute Gasteiger partial charge is 0.409 e. The third-order valence-corrected chi connectivity index (χ3v) is 3.45. The van der Waals surface area contributed by atoms with Crippen molar-refractivity contribution in [2.45, 2.75) is 51.2 Å². The van der Waals surface area contributed by atoms with Crippen LogP contribution in [-0.4, -0.2) is 48.3 Å². The van der Waals surface area contributed by atoms with Gasteiger partial charge in [0.2, 0.25) is 0 Å². The van der Waals surface area contributed by atoms with Crippen molar-refractivity contribution in [3.05, 3.63) is 0 Å². The van der Waals surface area contributed by atoms with E-state index in [0.29, 0.717) is 18.7 Å². The molecule has 1 fully saturated rings. The van der Waals surface area contributed by atoms with Gasteiger partial charge >= 0.3 is 0 Å². The van der Waals surface area contributed by atoms with E-state index in [1.807, 2.05) is 0 Å². The Hall–Kier alpha value is -0.810. The summed E-state index contributed by atoms with van der Waals surface area (Å²) in [5.41, 5.74) is 5.61. The lowest BCUT2D eigenvalue weighted by atomic mass is 9.91. The molecule has 0 bridgehead atoms. The molecule has 0 aliphatic heterocycles. The second-order valence-electron chi connectivity index (χ2n) is 4.74. The van der Waals surface area contributed by atoms with Gasteiger partial charge in [-0.3, -0.25) is 4.90 Å². The Morgan fingerprint density at radius 3 is 2.88 bits per heavy atom. The molecule has 0 saturated heterocycles. The smallest absolute Gasteiger partial charge is 0.153 e. The number of hydrogen-bond acceptors (Lipinski definition) is 4. The van der Waals surface area contributed by atoms with Crippen LogP contribution in [0.3, 0.4) is 0 Å². The Bertz CT molecular complexity index is 246. The average Bonchev–Trinajstić information content (AvgIpc) is 2.38. The number of nitrogens with zero attached hydrogens (tertiary/aromatic N) is 2. The zero-order valence-electron chi connectivity index (χ0n) is 10.9. The van der Waals surface area contributed by atoms with Gasteiger partial charge in [0.05, 0.1) is 12.6 Å². The van der Waals surface area contributed by atoms with E-state index < -0.39 is 0 Å². The normalized spacial score (nSPS) is 26.4. The first-order valence-corrected chi connectivity index (χ1v) is 6.44. The fourth-order valence-corrected chi connectivity index (χ4v) is 2.58. The number of oxime groups is 1. The van der Waals surface area contributed by atoms with Crippen molar-refractivity contribution in [1.82, 2.24) is 4.90 Å². The minimum Gasteiger partial charge on any atom is -0.409 e. The molecule has 0 heterocycles. The van der Waals surface area contributed by atoms with Crippen LogP contribution in [-0.2, 0) is 4.74 Å². The zero-order valence-corrected chi connectivity index (χ0v) is 10.9. The lowest BCUT2D eigenvalue weighted by Crippen LogP contribution is -2.45. The summed E-state index contributed by atoms with van der Waals surface area (Å²) in [5.74, 6) is 0.290. The van der Waals surface area contributed by atoms with E-state index in [-0.39, 0.29) is 5.84 Å². The van der Waals surface area contributed by atoms with E-state index in [0.717, 1.165) is 25.8 Å². The van der Waals surface area contributed by atoms with Crippen LogP contribution in [0.4, 0.5) is 0 Å². The molecule has 1 rings (SSSR count). The van der Waals surface area contributed by atoms with Gasteiger partial charge in [-0.25, -0.2) is 0 Å². The monoisotopic (exact) mass is 243 g/mol. The van der Waals surface area contributed by atoms with Crippen molar-refractivity contribution in [3.63, 3.8) is 0 Å². The SMILES string of the molecule is CCCN(CC(N)=NO)C1CCCC(OC)C1. The highest BCUT2D eigenvalue weighted by Crippen LogP contribution is 2.24. The van der Waals surface area contributed by atoms with Crippen LogP contribution in [0.1, 0.15) is 39.0 Å². The van der Waals surface area contributed by atoms with Crippen LogP contribution in [0, 0.1) is 0 Å². The Labute approximate surface area is 104 Å². The van der Waals surface area contributed by atoms with Gasteiger partial charge in [0.1, 0.15) is 0 Å². The number of nitrogens with two attached hydrogens (primary N) is 1. The molecule has 0 amide bonds. The van der Waals surface area contributed by atoms with Gasteiger partial charge in [-0.05, 0) is 38.6 Å². The van der Waals surface area contributed by atoms with Crippen LogP contribution in [0.5, 0.6) is 0 Å². The summed E-state index contributed by atoms with van der Waals surface area (Å²) in [5, 5.41) is 11.7. The summed E-state index contributed by atoms with van der Waals surface area (Å²) < 4.78 is 5.44. The number of hydrogen-bond donors (Lipinski definition) is 2. The lowest BCUT2D eigenvalue weighted by molar-refractivity contribution is 0.0317. The number of methoxy groups -OCH3 is 1. The van der Waals surface area contributed by atoms with Crippen molar-refractivity contribution in [3.8, 4) is 0 Å². The molecule has 1 saturated carbocycles. The first-order valence-electron chi connectivity index (χ1n) is 6.44. The number of rotatable bonds is 6. The van der Waals surface area contributed by atoms with Crippen molar-refractivity contribution < 1.29 is 9.94 Å². The summed E-state index contributed by atoms with van der Waals surface area (Å²) >= 11 is 0. The molecule has 5 heteroatoms.